The van der Waals surface area contributed by atoms with Crippen molar-refractivity contribution < 1.29 is 23.0 Å². The number of anilines is 1. The second-order valence-corrected chi connectivity index (χ2v) is 5.77. The fraction of sp³-hybridized carbons (Fsp3) is 0.357. The third-order valence-corrected chi connectivity index (χ3v) is 4.27. The van der Waals surface area contributed by atoms with Gasteiger partial charge in [0.1, 0.15) is 0 Å². The maximum Gasteiger partial charge on any atom is 0.416 e. The van der Waals surface area contributed by atoms with Crippen molar-refractivity contribution in [1.29, 1.82) is 0 Å². The lowest BCUT2D eigenvalue weighted by molar-refractivity contribution is -0.392. The Morgan fingerprint density at radius 1 is 1.16 bits per heavy atom. The van der Waals surface area contributed by atoms with Crippen LogP contribution in [0.1, 0.15) is 18.4 Å². The molecule has 0 bridgehead atoms. The molecule has 0 radical (unpaired) electrons. The van der Waals surface area contributed by atoms with Crippen molar-refractivity contribution in [2.75, 3.05) is 5.43 Å². The molecule has 132 valence electrons. The molecular formula is C14H11F3N4O4. The van der Waals surface area contributed by atoms with Gasteiger partial charge >= 0.3 is 17.6 Å². The quantitative estimate of drug-likeness (QED) is 0.500. The van der Waals surface area contributed by atoms with Crippen molar-refractivity contribution in [1.82, 2.24) is 0 Å². The molecule has 1 fully saturated rings. The largest absolute Gasteiger partial charge is 0.416 e. The summed E-state index contributed by atoms with van der Waals surface area (Å²) in [5.74, 6) is 0.471. The first-order valence-electron chi connectivity index (χ1n) is 7.21. The van der Waals surface area contributed by atoms with E-state index >= 15 is 0 Å². The number of nitro benzene ring substituents is 2. The maximum absolute atomic E-state index is 12.8. The van der Waals surface area contributed by atoms with E-state index in [1.54, 1.807) is 0 Å². The van der Waals surface area contributed by atoms with Crippen LogP contribution in [0.3, 0.4) is 0 Å². The number of hydrogen-bond donors (Lipinski definition) is 1. The summed E-state index contributed by atoms with van der Waals surface area (Å²) in [5, 5.41) is 26.2. The van der Waals surface area contributed by atoms with E-state index in [4.69, 9.17) is 0 Å². The van der Waals surface area contributed by atoms with Crippen molar-refractivity contribution >= 4 is 22.8 Å². The van der Waals surface area contributed by atoms with Crippen molar-refractivity contribution in [3.8, 4) is 0 Å². The molecule has 0 heterocycles. The first-order chi connectivity index (χ1) is 11.7. The predicted octanol–water partition coefficient (Wildman–Crippen LogP) is 3.89. The van der Waals surface area contributed by atoms with E-state index in [-0.39, 0.29) is 18.1 Å². The van der Waals surface area contributed by atoms with Crippen molar-refractivity contribution in [3.05, 3.63) is 50.1 Å². The molecule has 2 unspecified atom stereocenters. The highest BCUT2D eigenvalue weighted by Gasteiger charge is 2.40. The van der Waals surface area contributed by atoms with Crippen LogP contribution >= 0.6 is 0 Å². The van der Waals surface area contributed by atoms with Gasteiger partial charge in [0, 0.05) is 23.8 Å². The Labute approximate surface area is 138 Å². The van der Waals surface area contributed by atoms with E-state index in [1.165, 1.54) is 0 Å². The van der Waals surface area contributed by atoms with E-state index in [0.29, 0.717) is 18.1 Å². The molecule has 2 atom stereocenters. The van der Waals surface area contributed by atoms with Crippen molar-refractivity contribution in [2.45, 2.75) is 19.0 Å². The summed E-state index contributed by atoms with van der Waals surface area (Å²) in [6.07, 6.45) is 0.470. The van der Waals surface area contributed by atoms with Gasteiger partial charge in [-0.15, -0.1) is 0 Å². The molecule has 1 aromatic rings. The minimum Gasteiger partial charge on any atom is -0.266 e. The summed E-state index contributed by atoms with van der Waals surface area (Å²) < 4.78 is 38.5. The highest BCUT2D eigenvalue weighted by molar-refractivity contribution is 5.95. The molecule has 0 saturated heterocycles. The van der Waals surface area contributed by atoms with Crippen LogP contribution in [0.5, 0.6) is 0 Å². The molecule has 2 aliphatic rings. The van der Waals surface area contributed by atoms with E-state index < -0.39 is 38.6 Å². The second kappa shape index (κ2) is 5.83. The minimum absolute atomic E-state index is 0.0695. The van der Waals surface area contributed by atoms with Crippen LogP contribution in [0.25, 0.3) is 0 Å². The maximum atomic E-state index is 12.8. The topological polar surface area (TPSA) is 111 Å². The zero-order valence-corrected chi connectivity index (χ0v) is 12.5. The molecule has 1 N–H and O–H groups in total. The smallest absolute Gasteiger partial charge is 0.266 e. The number of alkyl halides is 3. The van der Waals surface area contributed by atoms with Gasteiger partial charge in [-0.2, -0.15) is 18.3 Å². The Bertz CT molecular complexity index is 784. The number of fused-ring (bicyclic) bond motifs is 1. The molecule has 0 aromatic heterocycles. The number of nitrogens with one attached hydrogen (secondary N) is 1. The number of halogens is 3. The molecule has 1 saturated carbocycles. The average molecular weight is 356 g/mol. The molecular weight excluding hydrogens is 345 g/mol. The Kier molecular flexibility index (Phi) is 3.93. The lowest BCUT2D eigenvalue weighted by atomic mass is 9.74. The number of rotatable bonds is 4. The van der Waals surface area contributed by atoms with Crippen molar-refractivity contribution in [3.63, 3.8) is 0 Å². The number of nitrogens with zero attached hydrogens (tertiary/aromatic N) is 3. The van der Waals surface area contributed by atoms with Gasteiger partial charge in [-0.1, -0.05) is 12.2 Å². The van der Waals surface area contributed by atoms with Gasteiger partial charge in [0.05, 0.1) is 15.4 Å². The lowest BCUT2D eigenvalue weighted by Crippen LogP contribution is -2.33. The number of benzene rings is 1. The third kappa shape index (κ3) is 3.04. The molecule has 8 nitrogen and oxygen atoms in total. The van der Waals surface area contributed by atoms with E-state index in [9.17, 15) is 33.4 Å². The summed E-state index contributed by atoms with van der Waals surface area (Å²) in [7, 11) is 0. The number of allylic oxidation sites excluding steroid dienone is 2. The van der Waals surface area contributed by atoms with Crippen LogP contribution in [-0.4, -0.2) is 15.6 Å². The molecule has 0 aliphatic heterocycles. The molecule has 0 amide bonds. The first-order valence-corrected chi connectivity index (χ1v) is 7.21. The van der Waals surface area contributed by atoms with Crippen LogP contribution in [-0.2, 0) is 6.18 Å². The van der Waals surface area contributed by atoms with Gasteiger partial charge < -0.3 is 0 Å². The monoisotopic (exact) mass is 356 g/mol. The summed E-state index contributed by atoms with van der Waals surface area (Å²) in [6.45, 7) is 0. The molecule has 25 heavy (non-hydrogen) atoms. The molecule has 11 heteroatoms. The van der Waals surface area contributed by atoms with E-state index in [2.05, 4.69) is 10.5 Å². The zero-order chi connectivity index (χ0) is 18.4. The number of hydrazone groups is 1. The molecule has 1 aromatic carbocycles. The van der Waals surface area contributed by atoms with E-state index in [0.717, 1.165) is 6.42 Å². The average Bonchev–Trinajstić information content (AvgIpc) is 2.86. The van der Waals surface area contributed by atoms with Crippen LogP contribution in [0.2, 0.25) is 0 Å². The standard InChI is InChI=1S/C14H11F3N4O4/c15-14(16,17)8-5-11(20(22)23)13(12(6-8)21(24)25)19-18-10-4-7-2-1-3-9(7)10/h1,3,5-7,9,19H,2,4H2/b18-10+. The number of nitro groups is 2. The van der Waals surface area contributed by atoms with Crippen LogP contribution in [0.4, 0.5) is 30.2 Å². The van der Waals surface area contributed by atoms with Crippen molar-refractivity contribution in [2.24, 2.45) is 16.9 Å². The number of hydrogen-bond acceptors (Lipinski definition) is 6. The Morgan fingerprint density at radius 3 is 2.24 bits per heavy atom. The van der Waals surface area contributed by atoms with Gasteiger partial charge in [-0.3, -0.25) is 25.7 Å². The Morgan fingerprint density at radius 2 is 1.76 bits per heavy atom. The molecule has 2 aliphatic carbocycles. The normalized spacial score (nSPS) is 23.2. The summed E-state index contributed by atoms with van der Waals surface area (Å²) >= 11 is 0. The predicted molar refractivity (Wildman–Crippen MR) is 81.2 cm³/mol. The SMILES string of the molecule is O=[N+]([O-])c1cc(C(F)(F)F)cc([N+](=O)[O-])c1N/N=C1\CC2CC=CC12. The van der Waals surface area contributed by atoms with Gasteiger partial charge in [0.15, 0.2) is 0 Å². The molecule has 0 spiro atoms. The van der Waals surface area contributed by atoms with Gasteiger partial charge in [0.2, 0.25) is 5.69 Å². The fourth-order valence-electron chi connectivity index (χ4n) is 2.97. The Hall–Kier alpha value is -2.98. The summed E-state index contributed by atoms with van der Waals surface area (Å²) in [5.41, 5.74) is -1.34. The third-order valence-electron chi connectivity index (χ3n) is 4.27. The Balaban J connectivity index is 2.01. The fourth-order valence-corrected chi connectivity index (χ4v) is 2.97. The van der Waals surface area contributed by atoms with Crippen LogP contribution < -0.4 is 5.43 Å². The highest BCUT2D eigenvalue weighted by atomic mass is 19.4. The van der Waals surface area contributed by atoms with Gasteiger partial charge in [-0.25, -0.2) is 0 Å². The van der Waals surface area contributed by atoms with Crippen LogP contribution in [0, 0.1) is 32.1 Å². The lowest BCUT2D eigenvalue weighted by Gasteiger charge is -2.31. The van der Waals surface area contributed by atoms with E-state index in [1.807, 2.05) is 12.2 Å². The summed E-state index contributed by atoms with van der Waals surface area (Å²) in [6, 6.07) is 0.517. The van der Waals surface area contributed by atoms with Gasteiger partial charge in [-0.05, 0) is 18.8 Å². The summed E-state index contributed by atoms with van der Waals surface area (Å²) in [4.78, 5) is 20.0. The van der Waals surface area contributed by atoms with Crippen LogP contribution in [0.15, 0.2) is 29.4 Å². The molecule has 3 rings (SSSR count). The van der Waals surface area contributed by atoms with Gasteiger partial charge in [0.25, 0.3) is 0 Å². The zero-order valence-electron chi connectivity index (χ0n) is 12.5. The first kappa shape index (κ1) is 16.9. The highest BCUT2D eigenvalue weighted by Crippen LogP contribution is 2.43. The second-order valence-electron chi connectivity index (χ2n) is 5.77. The minimum atomic E-state index is -4.95.